The summed E-state index contributed by atoms with van der Waals surface area (Å²) in [7, 11) is 0. The van der Waals surface area contributed by atoms with Crippen molar-refractivity contribution in [1.82, 2.24) is 25.3 Å². The van der Waals surface area contributed by atoms with Crippen LogP contribution in [0.15, 0.2) is 24.5 Å². The summed E-state index contributed by atoms with van der Waals surface area (Å²) in [6, 6.07) is 3.50. The van der Waals surface area contributed by atoms with E-state index in [9.17, 15) is 4.79 Å². The Bertz CT molecular complexity index is 1050. The highest BCUT2D eigenvalue weighted by Crippen LogP contribution is 2.38. The summed E-state index contributed by atoms with van der Waals surface area (Å²) in [5.41, 5.74) is 6.02. The number of rotatable bonds is 2. The van der Waals surface area contributed by atoms with E-state index in [-0.39, 0.29) is 11.2 Å². The molecule has 3 aromatic heterocycles. The van der Waals surface area contributed by atoms with E-state index in [2.05, 4.69) is 25.3 Å². The van der Waals surface area contributed by atoms with Crippen LogP contribution in [0.5, 0.6) is 11.8 Å². The Kier molecular flexibility index (Phi) is 3.43. The molecule has 0 saturated carbocycles. The van der Waals surface area contributed by atoms with Gasteiger partial charge in [-0.1, -0.05) is 0 Å². The highest BCUT2D eigenvalue weighted by molar-refractivity contribution is 6.28. The third-order valence-electron chi connectivity index (χ3n) is 4.75. The van der Waals surface area contributed by atoms with E-state index in [0.29, 0.717) is 18.3 Å². The second-order valence-corrected chi connectivity index (χ2v) is 6.62. The first-order chi connectivity index (χ1) is 12.7. The predicted octanol–water partition coefficient (Wildman–Crippen LogP) is 2.70. The molecule has 0 radical (unpaired) electrons. The van der Waals surface area contributed by atoms with Crippen LogP contribution in [0.4, 0.5) is 0 Å². The van der Waals surface area contributed by atoms with E-state index in [1.165, 1.54) is 6.20 Å². The lowest BCUT2D eigenvalue weighted by atomic mass is 9.88. The van der Waals surface area contributed by atoms with Crippen LogP contribution < -0.4 is 10.1 Å². The molecule has 1 amide bonds. The van der Waals surface area contributed by atoms with Gasteiger partial charge < -0.3 is 15.0 Å². The van der Waals surface area contributed by atoms with E-state index < -0.39 is 0 Å². The number of carbonyl (C=O) groups excluding carboxylic acids is 1. The number of aryl methyl sites for hydroxylation is 1. The molecule has 4 heterocycles. The van der Waals surface area contributed by atoms with Gasteiger partial charge in [-0.25, -0.2) is 9.97 Å². The Labute approximate surface area is 153 Å². The van der Waals surface area contributed by atoms with Gasteiger partial charge in [0.25, 0.3) is 5.91 Å². The van der Waals surface area contributed by atoms with E-state index in [1.807, 2.05) is 12.3 Å². The number of amides is 1. The molecular weight excluding hydrogens is 354 g/mol. The summed E-state index contributed by atoms with van der Waals surface area (Å²) in [4.78, 5) is 27.9. The van der Waals surface area contributed by atoms with Gasteiger partial charge in [0.05, 0.1) is 11.3 Å². The van der Waals surface area contributed by atoms with Crippen molar-refractivity contribution in [3.63, 3.8) is 0 Å². The fourth-order valence-electron chi connectivity index (χ4n) is 3.62. The average Bonchev–Trinajstić information content (AvgIpc) is 3.02. The molecule has 7 nitrogen and oxygen atoms in total. The minimum atomic E-state index is 0.00774. The van der Waals surface area contributed by atoms with Crippen LogP contribution in [0.25, 0.3) is 11.3 Å². The second-order valence-electron chi connectivity index (χ2n) is 6.28. The van der Waals surface area contributed by atoms with E-state index in [1.54, 1.807) is 6.07 Å². The largest absolute Gasteiger partial charge is 0.421 e. The first-order valence-electron chi connectivity index (χ1n) is 8.36. The number of aromatic amines is 1. The number of pyridine rings is 1. The molecule has 0 atom stereocenters. The molecule has 8 heteroatoms. The summed E-state index contributed by atoms with van der Waals surface area (Å²) in [6.07, 6.45) is 5.82. The van der Waals surface area contributed by atoms with Crippen LogP contribution in [0.1, 0.15) is 27.2 Å². The van der Waals surface area contributed by atoms with Gasteiger partial charge in [-0.3, -0.25) is 4.79 Å². The number of aromatic nitrogens is 4. The fraction of sp³-hybridized carbons (Fsp3) is 0.222. The van der Waals surface area contributed by atoms with Crippen LogP contribution in [0.2, 0.25) is 5.28 Å². The van der Waals surface area contributed by atoms with Gasteiger partial charge in [0.15, 0.2) is 0 Å². The molecule has 26 heavy (non-hydrogen) atoms. The number of nitrogens with one attached hydrogen (secondary N) is 2. The molecule has 3 aromatic rings. The van der Waals surface area contributed by atoms with Gasteiger partial charge in [-0.15, -0.1) is 0 Å². The lowest BCUT2D eigenvalue weighted by Gasteiger charge is -2.18. The SMILES string of the molecule is O=C1NCCc2[nH]c3c(c21)CCc1cnc(Oc2ccnc(Cl)n2)cc1-3. The first kappa shape index (κ1) is 15.3. The minimum Gasteiger partial charge on any atom is -0.421 e. The quantitative estimate of drug-likeness (QED) is 0.679. The molecular formula is C18H14ClN5O2. The molecule has 0 unspecified atom stereocenters. The van der Waals surface area contributed by atoms with E-state index in [0.717, 1.165) is 52.9 Å². The zero-order valence-corrected chi connectivity index (χ0v) is 14.4. The number of fused-ring (bicyclic) bond motifs is 5. The highest BCUT2D eigenvalue weighted by atomic mass is 35.5. The molecule has 0 fully saturated rings. The topological polar surface area (TPSA) is 92.8 Å². The first-order valence-corrected chi connectivity index (χ1v) is 8.74. The van der Waals surface area contributed by atoms with Gasteiger partial charge >= 0.3 is 0 Å². The molecule has 0 spiro atoms. The Balaban J connectivity index is 1.57. The van der Waals surface area contributed by atoms with Crippen LogP contribution in [0.3, 0.4) is 0 Å². The standard InChI is InChI=1S/C18H14ClN5O2/c19-18-21-6-4-13(24-18)26-14-7-11-9(8-22-14)1-2-10-15-12(23-16(10)11)3-5-20-17(15)25/h4,6-8,23H,1-3,5H2,(H,20,25). The maximum atomic E-state index is 12.3. The smallest absolute Gasteiger partial charge is 0.253 e. The Morgan fingerprint density at radius 3 is 2.96 bits per heavy atom. The number of nitrogens with zero attached hydrogens (tertiary/aromatic N) is 3. The Hall–Kier alpha value is -2.93. The molecule has 130 valence electrons. The minimum absolute atomic E-state index is 0.00774. The van der Waals surface area contributed by atoms with Gasteiger partial charge in [-0.05, 0) is 35.6 Å². The summed E-state index contributed by atoms with van der Waals surface area (Å²) in [6.45, 7) is 0.664. The van der Waals surface area contributed by atoms with Crippen LogP contribution in [0, 0.1) is 0 Å². The van der Waals surface area contributed by atoms with Crippen molar-refractivity contribution in [2.75, 3.05) is 6.54 Å². The Morgan fingerprint density at radius 2 is 2.08 bits per heavy atom. The lowest BCUT2D eigenvalue weighted by Crippen LogP contribution is -2.32. The van der Waals surface area contributed by atoms with Gasteiger partial charge in [-0.2, -0.15) is 4.98 Å². The van der Waals surface area contributed by atoms with Crippen molar-refractivity contribution in [3.8, 4) is 23.0 Å². The summed E-state index contributed by atoms with van der Waals surface area (Å²) >= 11 is 5.80. The van der Waals surface area contributed by atoms with Crippen molar-refractivity contribution in [1.29, 1.82) is 0 Å². The van der Waals surface area contributed by atoms with Gasteiger partial charge in [0, 0.05) is 48.7 Å². The average molecular weight is 368 g/mol. The normalized spacial score (nSPS) is 14.9. The highest BCUT2D eigenvalue weighted by Gasteiger charge is 2.29. The number of H-pyrrole nitrogens is 1. The van der Waals surface area contributed by atoms with E-state index in [4.69, 9.17) is 16.3 Å². The van der Waals surface area contributed by atoms with Gasteiger partial charge in [0.2, 0.25) is 17.0 Å². The van der Waals surface area contributed by atoms with Crippen LogP contribution >= 0.6 is 11.6 Å². The molecule has 0 aromatic carbocycles. The lowest BCUT2D eigenvalue weighted by molar-refractivity contribution is 0.0945. The fourth-order valence-corrected chi connectivity index (χ4v) is 3.76. The third-order valence-corrected chi connectivity index (χ3v) is 4.94. The van der Waals surface area contributed by atoms with Crippen molar-refractivity contribution >= 4 is 17.5 Å². The molecule has 2 aliphatic rings. The molecule has 0 saturated heterocycles. The predicted molar refractivity (Wildman–Crippen MR) is 94.6 cm³/mol. The van der Waals surface area contributed by atoms with Crippen molar-refractivity contribution in [2.45, 2.75) is 19.3 Å². The third kappa shape index (κ3) is 2.43. The zero-order chi connectivity index (χ0) is 17.7. The molecule has 1 aliphatic heterocycles. The molecule has 2 N–H and O–H groups in total. The van der Waals surface area contributed by atoms with Gasteiger partial charge in [0.1, 0.15) is 0 Å². The maximum absolute atomic E-state index is 12.3. The summed E-state index contributed by atoms with van der Waals surface area (Å²) in [5.74, 6) is 0.760. The number of carbonyl (C=O) groups is 1. The number of ether oxygens (including phenoxy) is 1. The molecule has 5 rings (SSSR count). The number of hydrogen-bond acceptors (Lipinski definition) is 5. The second kappa shape index (κ2) is 5.81. The monoisotopic (exact) mass is 367 g/mol. The van der Waals surface area contributed by atoms with Crippen molar-refractivity contribution in [3.05, 3.63) is 52.2 Å². The number of halogens is 1. The zero-order valence-electron chi connectivity index (χ0n) is 13.7. The van der Waals surface area contributed by atoms with E-state index >= 15 is 0 Å². The van der Waals surface area contributed by atoms with Crippen molar-refractivity contribution < 1.29 is 9.53 Å². The van der Waals surface area contributed by atoms with Crippen molar-refractivity contribution in [2.24, 2.45) is 0 Å². The van der Waals surface area contributed by atoms with Crippen LogP contribution in [-0.2, 0) is 19.3 Å². The van der Waals surface area contributed by atoms with Crippen LogP contribution in [-0.4, -0.2) is 32.4 Å². The summed E-state index contributed by atoms with van der Waals surface area (Å²) in [5, 5.41) is 3.04. The molecule has 0 bridgehead atoms. The maximum Gasteiger partial charge on any atom is 0.253 e. The summed E-state index contributed by atoms with van der Waals surface area (Å²) < 4.78 is 5.72. The molecule has 1 aliphatic carbocycles. The Morgan fingerprint density at radius 1 is 1.15 bits per heavy atom. The number of hydrogen-bond donors (Lipinski definition) is 2.